The van der Waals surface area contributed by atoms with Crippen molar-refractivity contribution in [2.45, 2.75) is 31.7 Å². The SMILES string of the molecule is COc1ccc(Cl)cc1N1CCC(NC(=O)CCC2CCNC2)C1.Cl.Cl. The molecule has 5 nitrogen and oxygen atoms in total. The molecule has 0 aliphatic carbocycles. The van der Waals surface area contributed by atoms with Gasteiger partial charge in [0.2, 0.25) is 5.91 Å². The normalized spacial score (nSPS) is 21.7. The van der Waals surface area contributed by atoms with Crippen LogP contribution >= 0.6 is 36.4 Å². The van der Waals surface area contributed by atoms with Gasteiger partial charge in [-0.2, -0.15) is 0 Å². The third kappa shape index (κ3) is 6.08. The molecule has 1 aromatic rings. The predicted octanol–water partition coefficient (Wildman–Crippen LogP) is 3.28. The minimum Gasteiger partial charge on any atom is -0.495 e. The van der Waals surface area contributed by atoms with Crippen molar-refractivity contribution in [1.82, 2.24) is 10.6 Å². The quantitative estimate of drug-likeness (QED) is 0.736. The Labute approximate surface area is 173 Å². The number of nitrogens with one attached hydrogen (secondary N) is 2. The number of carbonyl (C=O) groups is 1. The Hall–Kier alpha value is -0.880. The lowest BCUT2D eigenvalue weighted by Crippen LogP contribution is -2.37. The van der Waals surface area contributed by atoms with Crippen molar-refractivity contribution in [3.63, 3.8) is 0 Å². The van der Waals surface area contributed by atoms with E-state index >= 15 is 0 Å². The Morgan fingerprint density at radius 3 is 2.88 bits per heavy atom. The summed E-state index contributed by atoms with van der Waals surface area (Å²) in [7, 11) is 1.67. The van der Waals surface area contributed by atoms with E-state index < -0.39 is 0 Å². The lowest BCUT2D eigenvalue weighted by molar-refractivity contribution is -0.121. The van der Waals surface area contributed by atoms with Crippen molar-refractivity contribution in [2.24, 2.45) is 5.92 Å². The first-order chi connectivity index (χ1) is 11.7. The van der Waals surface area contributed by atoms with Gasteiger partial charge in [-0.25, -0.2) is 0 Å². The number of amides is 1. The van der Waals surface area contributed by atoms with Crippen molar-refractivity contribution in [2.75, 3.05) is 38.2 Å². The number of hydrogen-bond acceptors (Lipinski definition) is 4. The zero-order valence-electron chi connectivity index (χ0n) is 15.0. The number of anilines is 1. The van der Waals surface area contributed by atoms with Gasteiger partial charge >= 0.3 is 0 Å². The van der Waals surface area contributed by atoms with Crippen molar-refractivity contribution in [1.29, 1.82) is 0 Å². The molecule has 1 aromatic carbocycles. The first-order valence-electron chi connectivity index (χ1n) is 8.74. The number of rotatable bonds is 6. The number of hydrogen-bond donors (Lipinski definition) is 2. The molecule has 8 heteroatoms. The van der Waals surface area contributed by atoms with Crippen LogP contribution in [0.4, 0.5) is 5.69 Å². The van der Waals surface area contributed by atoms with E-state index in [4.69, 9.17) is 16.3 Å². The van der Waals surface area contributed by atoms with E-state index in [1.54, 1.807) is 7.11 Å². The average molecular weight is 425 g/mol. The standard InChI is InChI=1S/C18H26ClN3O2.2ClH/c1-24-17-4-3-14(19)10-16(17)22-9-7-15(12-22)21-18(23)5-2-13-6-8-20-11-13;;/h3-4,10,13,15,20H,2,5-9,11-12H2,1H3,(H,21,23);2*1H. The Morgan fingerprint density at radius 2 is 2.19 bits per heavy atom. The first kappa shape index (κ1) is 23.2. The summed E-state index contributed by atoms with van der Waals surface area (Å²) < 4.78 is 5.43. The lowest BCUT2D eigenvalue weighted by atomic mass is 10.0. The zero-order chi connectivity index (χ0) is 16.9. The molecule has 148 valence electrons. The summed E-state index contributed by atoms with van der Waals surface area (Å²) in [5, 5.41) is 7.22. The van der Waals surface area contributed by atoms with Crippen LogP contribution < -0.4 is 20.3 Å². The van der Waals surface area contributed by atoms with E-state index in [-0.39, 0.29) is 36.8 Å². The van der Waals surface area contributed by atoms with Gasteiger partial charge in [0.25, 0.3) is 0 Å². The molecule has 0 bridgehead atoms. The molecule has 2 N–H and O–H groups in total. The number of ether oxygens (including phenoxy) is 1. The zero-order valence-corrected chi connectivity index (χ0v) is 17.4. The maximum atomic E-state index is 12.2. The third-order valence-corrected chi connectivity index (χ3v) is 5.21. The smallest absolute Gasteiger partial charge is 0.220 e. The number of nitrogens with zero attached hydrogens (tertiary/aromatic N) is 1. The summed E-state index contributed by atoms with van der Waals surface area (Å²) in [4.78, 5) is 14.4. The second-order valence-corrected chi connectivity index (χ2v) is 7.15. The van der Waals surface area contributed by atoms with Gasteiger partial charge in [-0.3, -0.25) is 4.79 Å². The summed E-state index contributed by atoms with van der Waals surface area (Å²) in [6.07, 6.45) is 3.76. The predicted molar refractivity (Wildman–Crippen MR) is 111 cm³/mol. The molecule has 3 rings (SSSR count). The number of halogens is 3. The van der Waals surface area contributed by atoms with Gasteiger partial charge < -0.3 is 20.3 Å². The van der Waals surface area contributed by atoms with E-state index in [1.807, 2.05) is 18.2 Å². The van der Waals surface area contributed by atoms with E-state index in [2.05, 4.69) is 15.5 Å². The van der Waals surface area contributed by atoms with Crippen LogP contribution in [0.15, 0.2) is 18.2 Å². The molecule has 2 unspecified atom stereocenters. The minimum atomic E-state index is 0. The molecule has 2 fully saturated rings. The summed E-state index contributed by atoms with van der Waals surface area (Å²) in [5.41, 5.74) is 0.999. The Balaban J connectivity index is 0.00000169. The molecule has 1 amide bonds. The third-order valence-electron chi connectivity index (χ3n) is 4.98. The van der Waals surface area contributed by atoms with Gasteiger partial charge in [-0.1, -0.05) is 11.6 Å². The van der Waals surface area contributed by atoms with Crippen LogP contribution in [0.25, 0.3) is 0 Å². The molecular formula is C18H28Cl3N3O2. The van der Waals surface area contributed by atoms with Crippen LogP contribution in [0.5, 0.6) is 5.75 Å². The minimum absolute atomic E-state index is 0. The molecule has 0 saturated carbocycles. The van der Waals surface area contributed by atoms with Gasteiger partial charge in [0.1, 0.15) is 5.75 Å². The van der Waals surface area contributed by atoms with Crippen molar-refractivity contribution in [3.05, 3.63) is 23.2 Å². The van der Waals surface area contributed by atoms with Gasteiger partial charge in [0.15, 0.2) is 0 Å². The summed E-state index contributed by atoms with van der Waals surface area (Å²) in [6, 6.07) is 5.84. The number of methoxy groups -OCH3 is 1. The second-order valence-electron chi connectivity index (χ2n) is 6.71. The van der Waals surface area contributed by atoms with Crippen LogP contribution in [0.3, 0.4) is 0 Å². The summed E-state index contributed by atoms with van der Waals surface area (Å²) >= 11 is 6.12. The van der Waals surface area contributed by atoms with Crippen LogP contribution in [0, 0.1) is 5.92 Å². The summed E-state index contributed by atoms with van der Waals surface area (Å²) in [6.45, 7) is 3.84. The fraction of sp³-hybridized carbons (Fsp3) is 0.611. The highest BCUT2D eigenvalue weighted by molar-refractivity contribution is 6.30. The van der Waals surface area contributed by atoms with Gasteiger partial charge in [0, 0.05) is 30.6 Å². The lowest BCUT2D eigenvalue weighted by Gasteiger charge is -2.22. The van der Waals surface area contributed by atoms with Crippen LogP contribution in [-0.2, 0) is 4.79 Å². The molecule has 2 aliphatic rings. The average Bonchev–Trinajstić information content (AvgIpc) is 3.24. The van der Waals surface area contributed by atoms with Crippen LogP contribution in [0.1, 0.15) is 25.7 Å². The fourth-order valence-electron chi connectivity index (χ4n) is 3.60. The molecule has 0 spiro atoms. The monoisotopic (exact) mass is 423 g/mol. The Kier molecular flexibility index (Phi) is 9.86. The van der Waals surface area contributed by atoms with Crippen molar-refractivity contribution < 1.29 is 9.53 Å². The van der Waals surface area contributed by atoms with E-state index in [0.29, 0.717) is 17.4 Å². The Bertz CT molecular complexity index is 583. The first-order valence-corrected chi connectivity index (χ1v) is 9.12. The summed E-state index contributed by atoms with van der Waals surface area (Å²) in [5.74, 6) is 1.65. The maximum Gasteiger partial charge on any atom is 0.220 e. The van der Waals surface area contributed by atoms with E-state index in [9.17, 15) is 4.79 Å². The van der Waals surface area contributed by atoms with Crippen molar-refractivity contribution >= 4 is 48.0 Å². The van der Waals surface area contributed by atoms with Crippen LogP contribution in [0.2, 0.25) is 5.02 Å². The molecule has 2 heterocycles. The van der Waals surface area contributed by atoms with E-state index in [0.717, 1.165) is 50.5 Å². The fourth-order valence-corrected chi connectivity index (χ4v) is 3.77. The van der Waals surface area contributed by atoms with E-state index in [1.165, 1.54) is 6.42 Å². The molecule has 2 atom stereocenters. The molecule has 0 radical (unpaired) electrons. The maximum absolute atomic E-state index is 12.2. The molecule has 0 aromatic heterocycles. The molecule has 2 saturated heterocycles. The number of carbonyl (C=O) groups excluding carboxylic acids is 1. The molecule has 26 heavy (non-hydrogen) atoms. The molecule has 2 aliphatic heterocycles. The topological polar surface area (TPSA) is 53.6 Å². The van der Waals surface area contributed by atoms with Crippen molar-refractivity contribution in [3.8, 4) is 5.75 Å². The van der Waals surface area contributed by atoms with Gasteiger partial charge in [-0.05, 0) is 56.5 Å². The van der Waals surface area contributed by atoms with Gasteiger partial charge in [0.05, 0.1) is 12.8 Å². The molecular weight excluding hydrogens is 397 g/mol. The highest BCUT2D eigenvalue weighted by Gasteiger charge is 2.26. The second kappa shape index (κ2) is 11.1. The highest BCUT2D eigenvalue weighted by Crippen LogP contribution is 2.33. The highest BCUT2D eigenvalue weighted by atomic mass is 35.5. The number of benzene rings is 1. The largest absolute Gasteiger partial charge is 0.495 e. The van der Waals surface area contributed by atoms with Gasteiger partial charge in [-0.15, -0.1) is 24.8 Å². The van der Waals surface area contributed by atoms with Crippen LogP contribution in [-0.4, -0.2) is 45.2 Å². The Morgan fingerprint density at radius 1 is 1.38 bits per heavy atom.